The van der Waals surface area contributed by atoms with Crippen LogP contribution in [0.1, 0.15) is 27.2 Å². The Hall–Kier alpha value is -1.14. The Bertz CT molecular complexity index is 237. The molecule has 0 heterocycles. The third-order valence-corrected chi connectivity index (χ3v) is 1.67. The number of nitrogens with zero attached hydrogens (tertiary/aromatic N) is 1. The highest BCUT2D eigenvalue weighted by Gasteiger charge is 2.19. The zero-order valence-corrected chi connectivity index (χ0v) is 10.2. The van der Waals surface area contributed by atoms with Crippen LogP contribution in [0.5, 0.6) is 0 Å². The van der Waals surface area contributed by atoms with Crippen molar-refractivity contribution in [2.45, 2.75) is 38.8 Å². The molecule has 0 spiro atoms. The quantitative estimate of drug-likeness (QED) is 0.398. The smallest absolute Gasteiger partial charge is 0.322 e. The molecule has 0 aromatic rings. The van der Waals surface area contributed by atoms with Crippen molar-refractivity contribution in [3.05, 3.63) is 0 Å². The molecule has 0 bridgehead atoms. The molecule has 16 heavy (non-hydrogen) atoms. The molecule has 0 aromatic heterocycles. The predicted octanol–water partition coefficient (Wildman–Crippen LogP) is 0.0653. The van der Waals surface area contributed by atoms with Crippen molar-refractivity contribution < 1.29 is 19.2 Å². The van der Waals surface area contributed by atoms with E-state index in [9.17, 15) is 9.59 Å². The second-order valence-electron chi connectivity index (χ2n) is 4.37. The molecule has 0 saturated carbocycles. The van der Waals surface area contributed by atoms with Crippen LogP contribution in [0.4, 0.5) is 0 Å². The van der Waals surface area contributed by atoms with E-state index >= 15 is 0 Å². The van der Waals surface area contributed by atoms with Crippen molar-refractivity contribution >= 4 is 12.4 Å². The molecule has 6 heteroatoms. The first-order valence-corrected chi connectivity index (χ1v) is 5.04. The fourth-order valence-electron chi connectivity index (χ4n) is 1.01. The summed E-state index contributed by atoms with van der Waals surface area (Å²) in [4.78, 5) is 27.0. The third-order valence-electron chi connectivity index (χ3n) is 1.67. The van der Waals surface area contributed by atoms with E-state index < -0.39 is 17.6 Å². The Morgan fingerprint density at radius 1 is 1.50 bits per heavy atom. The van der Waals surface area contributed by atoms with Crippen molar-refractivity contribution in [2.75, 3.05) is 13.7 Å². The molecule has 0 aliphatic heterocycles. The van der Waals surface area contributed by atoms with Crippen molar-refractivity contribution in [1.82, 2.24) is 5.06 Å². The highest BCUT2D eigenvalue weighted by atomic mass is 16.7. The molecule has 1 atom stereocenters. The number of hydroxylamine groups is 2. The van der Waals surface area contributed by atoms with Gasteiger partial charge in [0, 0.05) is 0 Å². The van der Waals surface area contributed by atoms with Crippen molar-refractivity contribution in [2.24, 2.45) is 5.73 Å². The lowest BCUT2D eigenvalue weighted by Gasteiger charge is -2.27. The van der Waals surface area contributed by atoms with Crippen LogP contribution in [0.2, 0.25) is 0 Å². The Kier molecular flexibility index (Phi) is 5.98. The summed E-state index contributed by atoms with van der Waals surface area (Å²) in [6, 6.07) is -0.740. The summed E-state index contributed by atoms with van der Waals surface area (Å²) in [5.74, 6) is -0.499. The van der Waals surface area contributed by atoms with Crippen LogP contribution < -0.4 is 5.73 Å². The molecule has 1 unspecified atom stereocenters. The van der Waals surface area contributed by atoms with Gasteiger partial charge >= 0.3 is 5.97 Å². The number of rotatable bonds is 6. The number of amides is 1. The number of nitrogens with two attached hydrogens (primary N) is 1. The average Bonchev–Trinajstić information content (AvgIpc) is 2.20. The Morgan fingerprint density at radius 3 is 2.44 bits per heavy atom. The van der Waals surface area contributed by atoms with E-state index in [1.165, 1.54) is 7.11 Å². The van der Waals surface area contributed by atoms with Gasteiger partial charge in [0.15, 0.2) is 0 Å². The topological polar surface area (TPSA) is 81.9 Å². The van der Waals surface area contributed by atoms with Crippen LogP contribution in [0.15, 0.2) is 0 Å². The summed E-state index contributed by atoms with van der Waals surface area (Å²) in [6.07, 6.45) is 0.858. The normalized spacial score (nSPS) is 13.1. The van der Waals surface area contributed by atoms with E-state index in [-0.39, 0.29) is 6.54 Å². The van der Waals surface area contributed by atoms with E-state index in [1.807, 2.05) is 20.8 Å². The molecule has 1 amide bonds. The molecule has 94 valence electrons. The molecule has 0 aliphatic rings. The average molecular weight is 232 g/mol. The SMILES string of the molecule is COC(=O)C(N)CCN(C=O)OC(C)(C)C. The number of esters is 1. The van der Waals surface area contributed by atoms with Gasteiger partial charge in [-0.1, -0.05) is 0 Å². The summed E-state index contributed by atoms with van der Waals surface area (Å²) in [5, 5.41) is 1.13. The first-order valence-electron chi connectivity index (χ1n) is 5.04. The van der Waals surface area contributed by atoms with Gasteiger partial charge in [-0.25, -0.2) is 5.06 Å². The summed E-state index contributed by atoms with van der Waals surface area (Å²) in [7, 11) is 1.27. The van der Waals surface area contributed by atoms with Crippen molar-refractivity contribution in [1.29, 1.82) is 0 Å². The maximum absolute atomic E-state index is 11.0. The summed E-state index contributed by atoms with van der Waals surface area (Å²) in [5.41, 5.74) is 5.06. The summed E-state index contributed by atoms with van der Waals surface area (Å²) in [6.45, 7) is 5.72. The highest BCUT2D eigenvalue weighted by Crippen LogP contribution is 2.09. The largest absolute Gasteiger partial charge is 0.468 e. The van der Waals surface area contributed by atoms with E-state index in [1.54, 1.807) is 0 Å². The standard InChI is InChI=1S/C10H20N2O4/c1-10(2,3)16-12(7-13)6-5-8(11)9(14)15-4/h7-8H,5-6,11H2,1-4H3. The van der Waals surface area contributed by atoms with Crippen LogP contribution in [0, 0.1) is 0 Å². The van der Waals surface area contributed by atoms with Gasteiger partial charge in [0.2, 0.25) is 6.41 Å². The zero-order chi connectivity index (χ0) is 12.8. The lowest BCUT2D eigenvalue weighted by Crippen LogP contribution is -2.39. The van der Waals surface area contributed by atoms with E-state index in [0.717, 1.165) is 5.06 Å². The molecule has 2 N–H and O–H groups in total. The monoisotopic (exact) mass is 232 g/mol. The number of carbonyl (C=O) groups is 2. The molecule has 0 radical (unpaired) electrons. The second-order valence-corrected chi connectivity index (χ2v) is 4.37. The Labute approximate surface area is 95.6 Å². The van der Waals surface area contributed by atoms with Gasteiger partial charge in [0.1, 0.15) is 6.04 Å². The fraction of sp³-hybridized carbons (Fsp3) is 0.800. The highest BCUT2D eigenvalue weighted by molar-refractivity contribution is 5.75. The van der Waals surface area contributed by atoms with Crippen molar-refractivity contribution in [3.8, 4) is 0 Å². The lowest BCUT2D eigenvalue weighted by molar-refractivity contribution is -0.216. The number of hydrogen-bond donors (Lipinski definition) is 1. The number of hydrogen-bond acceptors (Lipinski definition) is 5. The fourth-order valence-corrected chi connectivity index (χ4v) is 1.01. The number of ether oxygens (including phenoxy) is 1. The molecule has 0 saturated heterocycles. The summed E-state index contributed by atoms with van der Waals surface area (Å²) < 4.78 is 4.47. The molecule has 0 rings (SSSR count). The minimum atomic E-state index is -0.740. The second kappa shape index (κ2) is 6.44. The number of methoxy groups -OCH3 is 1. The van der Waals surface area contributed by atoms with Crippen molar-refractivity contribution in [3.63, 3.8) is 0 Å². The van der Waals surface area contributed by atoms with Crippen LogP contribution in [-0.4, -0.2) is 42.7 Å². The Morgan fingerprint density at radius 2 is 2.06 bits per heavy atom. The first-order chi connectivity index (χ1) is 7.30. The lowest BCUT2D eigenvalue weighted by atomic mass is 10.2. The molecule has 6 nitrogen and oxygen atoms in total. The van der Waals surface area contributed by atoms with Gasteiger partial charge in [-0.3, -0.25) is 14.4 Å². The Balaban J connectivity index is 4.06. The maximum atomic E-state index is 11.0. The van der Waals surface area contributed by atoms with Crippen LogP contribution >= 0.6 is 0 Å². The van der Waals surface area contributed by atoms with Crippen LogP contribution in [0.3, 0.4) is 0 Å². The van der Waals surface area contributed by atoms with Gasteiger partial charge in [-0.05, 0) is 27.2 Å². The van der Waals surface area contributed by atoms with Gasteiger partial charge in [0.25, 0.3) is 0 Å². The number of carbonyl (C=O) groups excluding carboxylic acids is 2. The van der Waals surface area contributed by atoms with Gasteiger partial charge in [-0.15, -0.1) is 0 Å². The summed E-state index contributed by atoms with van der Waals surface area (Å²) >= 11 is 0. The molecule has 0 fully saturated rings. The first kappa shape index (κ1) is 14.9. The van der Waals surface area contributed by atoms with Crippen LogP contribution in [0.25, 0.3) is 0 Å². The predicted molar refractivity (Wildman–Crippen MR) is 58.2 cm³/mol. The van der Waals surface area contributed by atoms with Gasteiger partial charge < -0.3 is 10.5 Å². The minimum absolute atomic E-state index is 0.247. The molecular formula is C10H20N2O4. The van der Waals surface area contributed by atoms with Gasteiger partial charge in [-0.2, -0.15) is 0 Å². The van der Waals surface area contributed by atoms with E-state index in [4.69, 9.17) is 10.6 Å². The zero-order valence-electron chi connectivity index (χ0n) is 10.2. The molecule has 0 aromatic carbocycles. The molecule has 0 aliphatic carbocycles. The third kappa shape index (κ3) is 6.36. The van der Waals surface area contributed by atoms with Gasteiger partial charge in [0.05, 0.1) is 19.3 Å². The van der Waals surface area contributed by atoms with Crippen LogP contribution in [-0.2, 0) is 19.2 Å². The van der Waals surface area contributed by atoms with E-state index in [0.29, 0.717) is 12.8 Å². The molecular weight excluding hydrogens is 212 g/mol. The van der Waals surface area contributed by atoms with E-state index in [2.05, 4.69) is 4.74 Å². The maximum Gasteiger partial charge on any atom is 0.322 e. The minimum Gasteiger partial charge on any atom is -0.468 e.